The third-order valence-corrected chi connectivity index (χ3v) is 5.15. The minimum absolute atomic E-state index is 0.202. The fourth-order valence-electron chi connectivity index (χ4n) is 3.59. The van der Waals surface area contributed by atoms with Crippen molar-refractivity contribution in [1.29, 1.82) is 0 Å². The Morgan fingerprint density at radius 1 is 1.06 bits per heavy atom. The van der Waals surface area contributed by atoms with Crippen LogP contribution in [0.25, 0.3) is 11.3 Å². The number of hydrogen-bond donors (Lipinski definition) is 1. The Labute approximate surface area is 177 Å². The molecule has 0 radical (unpaired) electrons. The molecular formula is C20H15F6N5O. The summed E-state index contributed by atoms with van der Waals surface area (Å²) >= 11 is 0. The maximum atomic E-state index is 13.0. The molecule has 3 aromatic heterocycles. The van der Waals surface area contributed by atoms with Gasteiger partial charge in [-0.3, -0.25) is 19.4 Å². The lowest BCUT2D eigenvalue weighted by Crippen LogP contribution is -2.28. The van der Waals surface area contributed by atoms with Crippen molar-refractivity contribution in [2.75, 3.05) is 0 Å². The molecular weight excluding hydrogens is 440 g/mol. The van der Waals surface area contributed by atoms with Crippen molar-refractivity contribution in [3.8, 4) is 11.3 Å². The van der Waals surface area contributed by atoms with E-state index in [1.54, 1.807) is 6.07 Å². The molecule has 3 heterocycles. The lowest BCUT2D eigenvalue weighted by atomic mass is 10.0. The second-order valence-electron chi connectivity index (χ2n) is 7.30. The van der Waals surface area contributed by atoms with Gasteiger partial charge in [0, 0.05) is 31.1 Å². The first-order valence-electron chi connectivity index (χ1n) is 9.38. The SMILES string of the molecule is Cn1nc(C(F)(F)F)cc1C(=O)NC1CCc2cnc(-c3ccnc(C(F)(F)F)c3)cc21. The van der Waals surface area contributed by atoms with Crippen molar-refractivity contribution >= 4 is 5.91 Å². The summed E-state index contributed by atoms with van der Waals surface area (Å²) in [6.45, 7) is 0. The molecule has 32 heavy (non-hydrogen) atoms. The van der Waals surface area contributed by atoms with Gasteiger partial charge in [0.1, 0.15) is 11.4 Å². The molecule has 3 aromatic rings. The molecule has 168 valence electrons. The van der Waals surface area contributed by atoms with Crippen LogP contribution >= 0.6 is 0 Å². The summed E-state index contributed by atoms with van der Waals surface area (Å²) in [7, 11) is 1.23. The average Bonchev–Trinajstić information content (AvgIpc) is 3.30. The molecule has 0 spiro atoms. The summed E-state index contributed by atoms with van der Waals surface area (Å²) < 4.78 is 78.4. The number of rotatable bonds is 3. The number of aromatic nitrogens is 4. The van der Waals surface area contributed by atoms with Gasteiger partial charge in [-0.15, -0.1) is 0 Å². The van der Waals surface area contributed by atoms with Crippen LogP contribution < -0.4 is 5.32 Å². The molecule has 0 bridgehead atoms. The van der Waals surface area contributed by atoms with E-state index in [2.05, 4.69) is 20.4 Å². The summed E-state index contributed by atoms with van der Waals surface area (Å²) in [4.78, 5) is 20.1. The van der Waals surface area contributed by atoms with E-state index in [0.717, 1.165) is 22.5 Å². The van der Waals surface area contributed by atoms with E-state index in [-0.39, 0.29) is 17.0 Å². The molecule has 1 aliphatic rings. The van der Waals surface area contributed by atoms with E-state index < -0.39 is 35.7 Å². The summed E-state index contributed by atoms with van der Waals surface area (Å²) in [5, 5.41) is 6.01. The van der Waals surface area contributed by atoms with Crippen LogP contribution in [0.3, 0.4) is 0 Å². The van der Waals surface area contributed by atoms with Crippen molar-refractivity contribution < 1.29 is 31.1 Å². The molecule has 0 fully saturated rings. The number of hydrogen-bond acceptors (Lipinski definition) is 4. The Morgan fingerprint density at radius 2 is 1.78 bits per heavy atom. The van der Waals surface area contributed by atoms with E-state index in [1.165, 1.54) is 19.3 Å². The standard InChI is InChI=1S/C20H15F6N5O/c1-31-15(8-17(30-31)20(24,25)26)18(32)29-13-3-2-11-9-28-14(7-12(11)13)10-4-5-27-16(6-10)19(21,22)23/h4-9,13H,2-3H2,1H3,(H,29,32). The van der Waals surface area contributed by atoms with Gasteiger partial charge in [-0.25, -0.2) is 0 Å². The average molecular weight is 455 g/mol. The van der Waals surface area contributed by atoms with Crippen molar-refractivity contribution in [2.45, 2.75) is 31.2 Å². The van der Waals surface area contributed by atoms with Crippen LogP contribution in [0.15, 0.2) is 36.7 Å². The van der Waals surface area contributed by atoms with Crippen molar-refractivity contribution in [3.05, 3.63) is 64.9 Å². The van der Waals surface area contributed by atoms with Crippen LogP contribution in [0.2, 0.25) is 0 Å². The van der Waals surface area contributed by atoms with Crippen LogP contribution in [0.1, 0.15) is 45.5 Å². The Morgan fingerprint density at radius 3 is 2.44 bits per heavy atom. The number of nitrogens with zero attached hydrogens (tertiary/aromatic N) is 4. The van der Waals surface area contributed by atoms with Gasteiger partial charge in [-0.05, 0) is 42.2 Å². The largest absolute Gasteiger partial charge is 0.435 e. The van der Waals surface area contributed by atoms with Crippen LogP contribution in [0, 0.1) is 0 Å². The van der Waals surface area contributed by atoms with Gasteiger partial charge in [0.2, 0.25) is 0 Å². The molecule has 1 unspecified atom stereocenters. The lowest BCUT2D eigenvalue weighted by Gasteiger charge is -2.15. The topological polar surface area (TPSA) is 72.7 Å². The highest BCUT2D eigenvalue weighted by Crippen LogP contribution is 2.35. The van der Waals surface area contributed by atoms with E-state index in [1.807, 2.05) is 0 Å². The quantitative estimate of drug-likeness (QED) is 0.597. The first kappa shape index (κ1) is 21.8. The predicted molar refractivity (Wildman–Crippen MR) is 99.2 cm³/mol. The van der Waals surface area contributed by atoms with Crippen molar-refractivity contribution in [3.63, 3.8) is 0 Å². The van der Waals surface area contributed by atoms with Gasteiger partial charge < -0.3 is 5.32 Å². The van der Waals surface area contributed by atoms with Crippen LogP contribution in [-0.2, 0) is 25.8 Å². The molecule has 0 saturated carbocycles. The normalized spacial score (nSPS) is 16.2. The lowest BCUT2D eigenvalue weighted by molar-refractivity contribution is -0.142. The van der Waals surface area contributed by atoms with Crippen LogP contribution in [0.4, 0.5) is 26.3 Å². The Bertz CT molecular complexity index is 1180. The Kier molecular flexibility index (Phi) is 5.18. The van der Waals surface area contributed by atoms with Gasteiger partial charge in [-0.1, -0.05) is 0 Å². The summed E-state index contributed by atoms with van der Waals surface area (Å²) in [6, 6.07) is 3.98. The smallest absolute Gasteiger partial charge is 0.344 e. The number of amides is 1. The molecule has 0 aromatic carbocycles. The van der Waals surface area contributed by atoms with Gasteiger partial charge in [0.05, 0.1) is 11.7 Å². The molecule has 12 heteroatoms. The van der Waals surface area contributed by atoms with Gasteiger partial charge in [0.15, 0.2) is 5.69 Å². The summed E-state index contributed by atoms with van der Waals surface area (Å²) in [6.07, 6.45) is -5.71. The third-order valence-electron chi connectivity index (χ3n) is 5.15. The minimum Gasteiger partial charge on any atom is -0.344 e. The second-order valence-corrected chi connectivity index (χ2v) is 7.30. The number of carbonyl (C=O) groups excluding carboxylic acids is 1. The fourth-order valence-corrected chi connectivity index (χ4v) is 3.59. The zero-order chi connectivity index (χ0) is 23.3. The van der Waals surface area contributed by atoms with E-state index in [9.17, 15) is 31.1 Å². The number of aryl methyl sites for hydroxylation is 2. The zero-order valence-electron chi connectivity index (χ0n) is 16.4. The van der Waals surface area contributed by atoms with E-state index in [4.69, 9.17) is 0 Å². The zero-order valence-corrected chi connectivity index (χ0v) is 16.4. The van der Waals surface area contributed by atoms with Gasteiger partial charge in [0.25, 0.3) is 5.91 Å². The maximum absolute atomic E-state index is 13.0. The number of alkyl halides is 6. The van der Waals surface area contributed by atoms with E-state index >= 15 is 0 Å². The molecule has 1 aliphatic carbocycles. The summed E-state index contributed by atoms with van der Waals surface area (Å²) in [5.74, 6) is -0.741. The third kappa shape index (κ3) is 4.16. The highest BCUT2D eigenvalue weighted by atomic mass is 19.4. The number of pyridine rings is 2. The highest BCUT2D eigenvalue weighted by molar-refractivity contribution is 5.93. The first-order valence-corrected chi connectivity index (χ1v) is 9.38. The maximum Gasteiger partial charge on any atom is 0.435 e. The van der Waals surface area contributed by atoms with Crippen molar-refractivity contribution in [1.82, 2.24) is 25.1 Å². The Balaban J connectivity index is 1.60. The molecule has 1 N–H and O–H groups in total. The number of carbonyl (C=O) groups is 1. The van der Waals surface area contributed by atoms with Crippen LogP contribution in [0.5, 0.6) is 0 Å². The van der Waals surface area contributed by atoms with Gasteiger partial charge in [-0.2, -0.15) is 31.4 Å². The fraction of sp³-hybridized carbons (Fsp3) is 0.300. The second kappa shape index (κ2) is 7.61. The molecule has 6 nitrogen and oxygen atoms in total. The first-order chi connectivity index (χ1) is 14.9. The van der Waals surface area contributed by atoms with E-state index in [0.29, 0.717) is 24.5 Å². The Hall–Kier alpha value is -3.44. The van der Waals surface area contributed by atoms with Crippen LogP contribution in [-0.4, -0.2) is 25.7 Å². The summed E-state index contributed by atoms with van der Waals surface area (Å²) in [5.41, 5.74) is -0.590. The van der Waals surface area contributed by atoms with Crippen molar-refractivity contribution in [2.24, 2.45) is 7.05 Å². The minimum atomic E-state index is -4.68. The van der Waals surface area contributed by atoms with Gasteiger partial charge >= 0.3 is 12.4 Å². The number of halogens is 6. The number of nitrogens with one attached hydrogen (secondary N) is 1. The highest BCUT2D eigenvalue weighted by Gasteiger charge is 2.36. The molecule has 1 atom stereocenters. The molecule has 0 aliphatic heterocycles. The molecule has 1 amide bonds. The monoisotopic (exact) mass is 455 g/mol. The molecule has 0 saturated heterocycles. The number of fused-ring (bicyclic) bond motifs is 1. The molecule has 4 rings (SSSR count). The predicted octanol–water partition coefficient (Wildman–Crippen LogP) is 4.33.